The molecule has 0 saturated carbocycles. The van der Waals surface area contributed by atoms with Crippen LogP contribution in [0.2, 0.25) is 0 Å². The third-order valence-corrected chi connectivity index (χ3v) is 4.63. The fourth-order valence-corrected chi connectivity index (χ4v) is 3.30. The van der Waals surface area contributed by atoms with Crippen LogP contribution >= 0.6 is 0 Å². The average molecular weight is 416 g/mol. The molecule has 2 N–H and O–H groups in total. The van der Waals surface area contributed by atoms with E-state index in [1.807, 2.05) is 30.3 Å². The Morgan fingerprint density at radius 1 is 1.23 bits per heavy atom. The van der Waals surface area contributed by atoms with E-state index in [0.717, 1.165) is 5.56 Å². The van der Waals surface area contributed by atoms with Gasteiger partial charge in [0.05, 0.1) is 19.1 Å². The predicted molar refractivity (Wildman–Crippen MR) is 109 cm³/mol. The van der Waals surface area contributed by atoms with Crippen molar-refractivity contribution >= 4 is 12.2 Å². The van der Waals surface area contributed by atoms with Crippen molar-refractivity contribution in [3.05, 3.63) is 54.4 Å². The highest BCUT2D eigenvalue weighted by molar-refractivity contribution is 5.70. The number of aliphatic hydroxyl groups is 1. The molecule has 30 heavy (non-hydrogen) atoms. The van der Waals surface area contributed by atoms with Gasteiger partial charge in [0.1, 0.15) is 11.7 Å². The molecule has 3 atom stereocenters. The number of carbonyl (C=O) groups excluding carboxylic acids is 2. The maximum absolute atomic E-state index is 12.7. The number of nitrogens with zero attached hydrogens (tertiary/aromatic N) is 3. The standard InChI is InChI=1S/C21H28N4O5/c1-21(2,3)30-20(28)25-14-17(26)18(16(25)13-24-11-7-10-23-24)29-19(27)22-12-15-8-5-4-6-9-15/h4-11,16-18,26H,12-14H2,1-3H3,(H,22,27)/t16-,17+,18+/m1/s1. The molecule has 0 aliphatic carbocycles. The number of aromatic nitrogens is 2. The number of nitrogens with one attached hydrogen (secondary N) is 1. The predicted octanol–water partition coefficient (Wildman–Crippen LogP) is 2.16. The molecule has 1 aromatic heterocycles. The van der Waals surface area contributed by atoms with Gasteiger partial charge in [-0.3, -0.25) is 9.58 Å². The molecular formula is C21H28N4O5. The van der Waals surface area contributed by atoms with Gasteiger partial charge in [0.2, 0.25) is 0 Å². The summed E-state index contributed by atoms with van der Waals surface area (Å²) < 4.78 is 12.6. The fraction of sp³-hybridized carbons (Fsp3) is 0.476. The van der Waals surface area contributed by atoms with Crippen LogP contribution in [0.5, 0.6) is 0 Å². The largest absolute Gasteiger partial charge is 0.444 e. The summed E-state index contributed by atoms with van der Waals surface area (Å²) in [5.74, 6) is 0. The van der Waals surface area contributed by atoms with E-state index < -0.39 is 36.0 Å². The van der Waals surface area contributed by atoms with Gasteiger partial charge in [0.15, 0.2) is 6.10 Å². The molecule has 0 radical (unpaired) electrons. The van der Waals surface area contributed by atoms with Gasteiger partial charge >= 0.3 is 12.2 Å². The molecule has 1 aromatic carbocycles. The van der Waals surface area contributed by atoms with Gasteiger partial charge in [-0.25, -0.2) is 9.59 Å². The van der Waals surface area contributed by atoms with Crippen molar-refractivity contribution in [2.75, 3.05) is 6.54 Å². The number of benzene rings is 1. The minimum Gasteiger partial charge on any atom is -0.444 e. The average Bonchev–Trinajstić information content (AvgIpc) is 3.29. The van der Waals surface area contributed by atoms with Crippen LogP contribution in [-0.4, -0.2) is 62.4 Å². The number of β-amino-alcohol motifs (C(OH)–C–C–N with tert-alkyl or cyclic N) is 1. The number of rotatable bonds is 5. The van der Waals surface area contributed by atoms with Crippen molar-refractivity contribution in [3.8, 4) is 0 Å². The number of hydrogen-bond donors (Lipinski definition) is 2. The van der Waals surface area contributed by atoms with Crippen molar-refractivity contribution in [1.82, 2.24) is 20.0 Å². The molecule has 9 heteroatoms. The minimum atomic E-state index is -1.04. The molecule has 9 nitrogen and oxygen atoms in total. The highest BCUT2D eigenvalue weighted by Gasteiger charge is 2.47. The van der Waals surface area contributed by atoms with Crippen LogP contribution in [0.15, 0.2) is 48.8 Å². The molecule has 3 rings (SSSR count). The van der Waals surface area contributed by atoms with E-state index >= 15 is 0 Å². The number of ether oxygens (including phenoxy) is 2. The van der Waals surface area contributed by atoms with E-state index in [-0.39, 0.29) is 13.1 Å². The van der Waals surface area contributed by atoms with Crippen LogP contribution in [0.3, 0.4) is 0 Å². The lowest BCUT2D eigenvalue weighted by atomic mass is 10.1. The highest BCUT2D eigenvalue weighted by Crippen LogP contribution is 2.25. The van der Waals surface area contributed by atoms with Gasteiger partial charge in [-0.2, -0.15) is 5.10 Å². The first-order chi connectivity index (χ1) is 14.2. The lowest BCUT2D eigenvalue weighted by molar-refractivity contribution is 0.00166. The van der Waals surface area contributed by atoms with Crippen molar-refractivity contribution < 1.29 is 24.2 Å². The highest BCUT2D eigenvalue weighted by atomic mass is 16.6. The van der Waals surface area contributed by atoms with Crippen molar-refractivity contribution in [2.45, 2.75) is 57.7 Å². The van der Waals surface area contributed by atoms with Crippen molar-refractivity contribution in [3.63, 3.8) is 0 Å². The lowest BCUT2D eigenvalue weighted by Crippen LogP contribution is -2.47. The molecule has 1 fully saturated rings. The summed E-state index contributed by atoms with van der Waals surface area (Å²) in [5, 5.41) is 17.4. The molecule has 0 bridgehead atoms. The van der Waals surface area contributed by atoms with Gasteiger partial charge < -0.3 is 19.9 Å². The second-order valence-electron chi connectivity index (χ2n) is 8.20. The molecule has 2 heterocycles. The Morgan fingerprint density at radius 3 is 2.60 bits per heavy atom. The number of amides is 2. The summed E-state index contributed by atoms with van der Waals surface area (Å²) in [4.78, 5) is 26.5. The zero-order chi connectivity index (χ0) is 21.7. The zero-order valence-electron chi connectivity index (χ0n) is 17.4. The molecule has 0 spiro atoms. The van der Waals surface area contributed by atoms with E-state index in [1.54, 1.807) is 43.9 Å². The Kier molecular flexibility index (Phi) is 6.61. The first-order valence-corrected chi connectivity index (χ1v) is 9.86. The fourth-order valence-electron chi connectivity index (χ4n) is 3.30. The van der Waals surface area contributed by atoms with Crippen LogP contribution in [0.25, 0.3) is 0 Å². The maximum atomic E-state index is 12.7. The lowest BCUT2D eigenvalue weighted by Gasteiger charge is -2.30. The Labute approximate surface area is 175 Å². The van der Waals surface area contributed by atoms with Crippen molar-refractivity contribution in [2.24, 2.45) is 0 Å². The number of hydrogen-bond acceptors (Lipinski definition) is 6. The monoisotopic (exact) mass is 416 g/mol. The van der Waals surface area contributed by atoms with E-state index in [0.29, 0.717) is 6.54 Å². The van der Waals surface area contributed by atoms with Crippen LogP contribution in [0.1, 0.15) is 26.3 Å². The number of alkyl carbamates (subject to hydrolysis) is 1. The third kappa shape index (κ3) is 5.73. The molecule has 2 amide bonds. The second kappa shape index (κ2) is 9.17. The number of likely N-dealkylation sites (tertiary alicyclic amines) is 1. The van der Waals surface area contributed by atoms with E-state index in [2.05, 4.69) is 10.4 Å². The van der Waals surface area contributed by atoms with Gasteiger partial charge in [0, 0.05) is 18.9 Å². The summed E-state index contributed by atoms with van der Waals surface area (Å²) >= 11 is 0. The van der Waals surface area contributed by atoms with E-state index in [1.165, 1.54) is 4.90 Å². The van der Waals surface area contributed by atoms with Gasteiger partial charge in [0.25, 0.3) is 0 Å². The maximum Gasteiger partial charge on any atom is 0.410 e. The van der Waals surface area contributed by atoms with Gasteiger partial charge in [-0.05, 0) is 32.4 Å². The van der Waals surface area contributed by atoms with Crippen LogP contribution in [-0.2, 0) is 22.6 Å². The Bertz CT molecular complexity index is 835. The summed E-state index contributed by atoms with van der Waals surface area (Å²) in [6.45, 7) is 5.85. The first kappa shape index (κ1) is 21.6. The summed E-state index contributed by atoms with van der Waals surface area (Å²) in [6, 6.07) is 10.5. The molecular weight excluding hydrogens is 388 g/mol. The molecule has 162 valence electrons. The molecule has 1 aliphatic rings. The zero-order valence-corrected chi connectivity index (χ0v) is 17.4. The smallest absolute Gasteiger partial charge is 0.410 e. The van der Waals surface area contributed by atoms with Crippen LogP contribution in [0, 0.1) is 0 Å². The molecule has 1 saturated heterocycles. The van der Waals surface area contributed by atoms with Crippen LogP contribution < -0.4 is 5.32 Å². The molecule has 1 aliphatic heterocycles. The summed E-state index contributed by atoms with van der Waals surface area (Å²) in [7, 11) is 0. The Morgan fingerprint density at radius 2 is 1.97 bits per heavy atom. The van der Waals surface area contributed by atoms with Crippen LogP contribution in [0.4, 0.5) is 9.59 Å². The molecule has 0 unspecified atom stereocenters. The topological polar surface area (TPSA) is 106 Å². The Balaban J connectivity index is 1.70. The van der Waals surface area contributed by atoms with E-state index in [4.69, 9.17) is 9.47 Å². The molecule has 2 aromatic rings. The third-order valence-electron chi connectivity index (χ3n) is 4.63. The number of aliphatic hydroxyl groups excluding tert-OH is 1. The van der Waals surface area contributed by atoms with Gasteiger partial charge in [-0.15, -0.1) is 0 Å². The Hall–Kier alpha value is -3.07. The second-order valence-corrected chi connectivity index (χ2v) is 8.20. The minimum absolute atomic E-state index is 0.00250. The van der Waals surface area contributed by atoms with Gasteiger partial charge in [-0.1, -0.05) is 30.3 Å². The van der Waals surface area contributed by atoms with E-state index in [9.17, 15) is 14.7 Å². The SMILES string of the molecule is CC(C)(C)OC(=O)N1C[C@H](O)[C@@H](OC(=O)NCc2ccccc2)[C@H]1Cn1cccn1. The number of carbonyl (C=O) groups is 2. The summed E-state index contributed by atoms with van der Waals surface area (Å²) in [6.07, 6.45) is 0.155. The quantitative estimate of drug-likeness (QED) is 0.774. The normalized spacial score (nSPS) is 21.3. The first-order valence-electron chi connectivity index (χ1n) is 9.86. The summed E-state index contributed by atoms with van der Waals surface area (Å²) in [5.41, 5.74) is 0.231. The van der Waals surface area contributed by atoms with Crippen molar-refractivity contribution in [1.29, 1.82) is 0 Å².